The monoisotopic (exact) mass is 426 g/mol. The molecule has 2 aliphatic heterocycles. The molecule has 0 aliphatic carbocycles. The Labute approximate surface area is 178 Å². The minimum Gasteiger partial charge on any atom is -0.356 e. The van der Waals surface area contributed by atoms with Crippen molar-refractivity contribution in [2.45, 2.75) is 24.8 Å². The summed E-state index contributed by atoms with van der Waals surface area (Å²) in [7, 11) is 1.91. The fourth-order valence-corrected chi connectivity index (χ4v) is 4.04. The fraction of sp³-hybridized carbons (Fsp3) is 0.526. The van der Waals surface area contributed by atoms with E-state index in [-0.39, 0.29) is 48.6 Å². The molecule has 2 aromatic rings. The fourth-order valence-electron chi connectivity index (χ4n) is 4.04. The lowest BCUT2D eigenvalue weighted by molar-refractivity contribution is -0.125. The minimum absolute atomic E-state index is 0. The van der Waals surface area contributed by atoms with Crippen molar-refractivity contribution in [2.75, 3.05) is 31.1 Å². The van der Waals surface area contributed by atoms with E-state index in [1.807, 2.05) is 43.8 Å². The molecule has 2 saturated heterocycles. The van der Waals surface area contributed by atoms with Crippen molar-refractivity contribution in [2.24, 2.45) is 13.0 Å². The highest BCUT2D eigenvalue weighted by Gasteiger charge is 2.35. The molecule has 2 fully saturated rings. The number of piperidine rings is 1. The molecule has 4 rings (SSSR count). The molecule has 4 heterocycles. The third kappa shape index (κ3) is 4.96. The molecule has 2 N–H and O–H groups in total. The van der Waals surface area contributed by atoms with E-state index in [9.17, 15) is 4.79 Å². The third-order valence-electron chi connectivity index (χ3n) is 5.52. The number of halogens is 2. The van der Waals surface area contributed by atoms with Gasteiger partial charge in [0, 0.05) is 57.6 Å². The summed E-state index contributed by atoms with van der Waals surface area (Å²) in [5.41, 5.74) is 1.14. The average Bonchev–Trinajstić information content (AvgIpc) is 3.32. The summed E-state index contributed by atoms with van der Waals surface area (Å²) in [5.74, 6) is 1.37. The standard InChI is InChI=1S/C19H26N6O.2ClH/c1-24-13-14(10-22-24)16-11-20-12-17(16)19(26)23-15-5-8-25(9-6-15)18-4-2-3-7-21-18;;/h2-4,7,10,13,15-17,20H,5-6,8-9,11-12H2,1H3,(H,23,26);2*1H/t16-,17+;;/m1../s1. The predicted octanol–water partition coefficient (Wildman–Crippen LogP) is 1.75. The van der Waals surface area contributed by atoms with Gasteiger partial charge < -0.3 is 15.5 Å². The van der Waals surface area contributed by atoms with Crippen LogP contribution in [0.3, 0.4) is 0 Å². The van der Waals surface area contributed by atoms with Crippen molar-refractivity contribution in [1.82, 2.24) is 25.4 Å². The zero-order valence-electron chi connectivity index (χ0n) is 16.0. The molecule has 0 aromatic carbocycles. The van der Waals surface area contributed by atoms with Gasteiger partial charge in [-0.3, -0.25) is 9.48 Å². The van der Waals surface area contributed by atoms with Crippen molar-refractivity contribution in [1.29, 1.82) is 0 Å². The van der Waals surface area contributed by atoms with E-state index < -0.39 is 0 Å². The second-order valence-electron chi connectivity index (χ2n) is 7.28. The quantitative estimate of drug-likeness (QED) is 0.778. The van der Waals surface area contributed by atoms with Crippen molar-refractivity contribution in [3.8, 4) is 0 Å². The number of rotatable bonds is 4. The molecule has 0 unspecified atom stereocenters. The van der Waals surface area contributed by atoms with E-state index in [0.29, 0.717) is 0 Å². The second-order valence-corrected chi connectivity index (χ2v) is 7.28. The normalized spacial score (nSPS) is 22.2. The summed E-state index contributed by atoms with van der Waals surface area (Å²) in [6.45, 7) is 3.42. The Bertz CT molecular complexity index is 748. The zero-order valence-corrected chi connectivity index (χ0v) is 17.6. The van der Waals surface area contributed by atoms with Gasteiger partial charge in [-0.2, -0.15) is 5.10 Å². The number of amides is 1. The van der Waals surface area contributed by atoms with Gasteiger partial charge in [0.05, 0.1) is 12.1 Å². The summed E-state index contributed by atoms with van der Waals surface area (Å²) in [6, 6.07) is 6.24. The summed E-state index contributed by atoms with van der Waals surface area (Å²) in [5, 5.41) is 10.9. The summed E-state index contributed by atoms with van der Waals surface area (Å²) in [4.78, 5) is 19.6. The molecule has 0 spiro atoms. The molecule has 154 valence electrons. The molecular formula is C19H28Cl2N6O. The smallest absolute Gasteiger partial charge is 0.225 e. The molecule has 0 radical (unpaired) electrons. The van der Waals surface area contributed by atoms with Gasteiger partial charge in [0.25, 0.3) is 0 Å². The van der Waals surface area contributed by atoms with Crippen LogP contribution in [0.25, 0.3) is 0 Å². The van der Waals surface area contributed by atoms with Crippen LogP contribution in [0.5, 0.6) is 0 Å². The Hall–Kier alpha value is -1.83. The molecule has 0 saturated carbocycles. The topological polar surface area (TPSA) is 75.1 Å². The van der Waals surface area contributed by atoms with Gasteiger partial charge in [-0.15, -0.1) is 24.8 Å². The van der Waals surface area contributed by atoms with Crippen molar-refractivity contribution < 1.29 is 4.79 Å². The lowest BCUT2D eigenvalue weighted by atomic mass is 9.89. The van der Waals surface area contributed by atoms with Gasteiger partial charge in [0.1, 0.15) is 5.82 Å². The second kappa shape index (κ2) is 10.1. The number of pyridine rings is 1. The van der Waals surface area contributed by atoms with E-state index in [0.717, 1.165) is 50.4 Å². The Balaban J connectivity index is 0.00000140. The number of aromatic nitrogens is 3. The summed E-state index contributed by atoms with van der Waals surface area (Å²) in [6.07, 6.45) is 7.64. The lowest BCUT2D eigenvalue weighted by Crippen LogP contribution is -2.47. The Kier molecular flexibility index (Phi) is 8.10. The largest absolute Gasteiger partial charge is 0.356 e. The number of anilines is 1. The van der Waals surface area contributed by atoms with E-state index in [2.05, 4.69) is 25.6 Å². The maximum absolute atomic E-state index is 12.9. The summed E-state index contributed by atoms with van der Waals surface area (Å²) >= 11 is 0. The minimum atomic E-state index is -0.0204. The molecule has 0 bridgehead atoms. The lowest BCUT2D eigenvalue weighted by Gasteiger charge is -2.33. The Morgan fingerprint density at radius 3 is 2.64 bits per heavy atom. The number of aryl methyl sites for hydroxylation is 1. The van der Waals surface area contributed by atoms with Crippen molar-refractivity contribution in [3.05, 3.63) is 42.4 Å². The predicted molar refractivity (Wildman–Crippen MR) is 114 cm³/mol. The first kappa shape index (κ1) is 22.5. The van der Waals surface area contributed by atoms with E-state index in [1.165, 1.54) is 0 Å². The Morgan fingerprint density at radius 2 is 2.00 bits per heavy atom. The van der Waals surface area contributed by atoms with Gasteiger partial charge in [-0.25, -0.2) is 4.98 Å². The van der Waals surface area contributed by atoms with Gasteiger partial charge in [-0.05, 0) is 30.5 Å². The van der Waals surface area contributed by atoms with Crippen LogP contribution in [0, 0.1) is 5.92 Å². The molecule has 2 atom stereocenters. The number of nitrogens with one attached hydrogen (secondary N) is 2. The number of hydrogen-bond donors (Lipinski definition) is 2. The molecule has 2 aromatic heterocycles. The van der Waals surface area contributed by atoms with Crippen LogP contribution in [0.1, 0.15) is 24.3 Å². The number of hydrogen-bond acceptors (Lipinski definition) is 5. The SMILES string of the molecule is Cl.Cl.Cn1cc([C@H]2CNC[C@@H]2C(=O)NC2CCN(c3ccccn3)CC2)cn1. The maximum Gasteiger partial charge on any atom is 0.225 e. The van der Waals surface area contributed by atoms with Gasteiger partial charge in [0.15, 0.2) is 0 Å². The number of nitrogens with zero attached hydrogens (tertiary/aromatic N) is 4. The first-order chi connectivity index (χ1) is 12.7. The molecule has 28 heavy (non-hydrogen) atoms. The van der Waals surface area contributed by atoms with Gasteiger partial charge in [0.2, 0.25) is 5.91 Å². The van der Waals surface area contributed by atoms with Gasteiger partial charge in [-0.1, -0.05) is 6.07 Å². The molecule has 1 amide bonds. The molecule has 2 aliphatic rings. The van der Waals surface area contributed by atoms with Crippen molar-refractivity contribution in [3.63, 3.8) is 0 Å². The van der Waals surface area contributed by atoms with E-state index >= 15 is 0 Å². The first-order valence-electron chi connectivity index (χ1n) is 9.36. The highest BCUT2D eigenvalue weighted by molar-refractivity contribution is 5.85. The van der Waals surface area contributed by atoms with Crippen LogP contribution in [-0.4, -0.2) is 52.9 Å². The number of carbonyl (C=O) groups excluding carboxylic acids is 1. The van der Waals surface area contributed by atoms with Crippen molar-refractivity contribution >= 4 is 36.5 Å². The van der Waals surface area contributed by atoms with Crippen LogP contribution in [0.2, 0.25) is 0 Å². The molecular weight excluding hydrogens is 399 g/mol. The van der Waals surface area contributed by atoms with Crippen LogP contribution in [0.4, 0.5) is 5.82 Å². The van der Waals surface area contributed by atoms with Gasteiger partial charge >= 0.3 is 0 Å². The highest BCUT2D eigenvalue weighted by Crippen LogP contribution is 2.28. The van der Waals surface area contributed by atoms with Crippen LogP contribution >= 0.6 is 24.8 Å². The van der Waals surface area contributed by atoms with E-state index in [4.69, 9.17) is 0 Å². The first-order valence-corrected chi connectivity index (χ1v) is 9.36. The molecule has 7 nitrogen and oxygen atoms in total. The van der Waals surface area contributed by atoms with Crippen LogP contribution < -0.4 is 15.5 Å². The summed E-state index contributed by atoms with van der Waals surface area (Å²) < 4.78 is 1.80. The third-order valence-corrected chi connectivity index (χ3v) is 5.52. The zero-order chi connectivity index (χ0) is 17.9. The van der Waals surface area contributed by atoms with Crippen LogP contribution in [-0.2, 0) is 11.8 Å². The maximum atomic E-state index is 12.9. The molecule has 9 heteroatoms. The highest BCUT2D eigenvalue weighted by atomic mass is 35.5. The van der Waals surface area contributed by atoms with Crippen LogP contribution in [0.15, 0.2) is 36.8 Å². The van der Waals surface area contributed by atoms with E-state index in [1.54, 1.807) is 4.68 Å². The number of carbonyl (C=O) groups is 1. The Morgan fingerprint density at radius 1 is 1.21 bits per heavy atom. The average molecular weight is 427 g/mol.